The van der Waals surface area contributed by atoms with Gasteiger partial charge in [0.25, 0.3) is 0 Å². The zero-order valence-electron chi connectivity index (χ0n) is 17.9. The van der Waals surface area contributed by atoms with Crippen LogP contribution in [0.2, 0.25) is 0 Å². The summed E-state index contributed by atoms with van der Waals surface area (Å²) in [6.07, 6.45) is 9.19. The van der Waals surface area contributed by atoms with E-state index in [4.69, 9.17) is 5.11 Å². The van der Waals surface area contributed by atoms with Gasteiger partial charge in [-0.05, 0) is 104 Å². The molecule has 0 spiro atoms. The fourth-order valence-electron chi connectivity index (χ4n) is 8.73. The highest BCUT2D eigenvalue weighted by molar-refractivity contribution is 5.66. The maximum absolute atomic E-state index is 11.2. The molecule has 4 saturated carbocycles. The molecule has 4 aliphatic carbocycles. The van der Waals surface area contributed by atoms with E-state index in [-0.39, 0.29) is 29.5 Å². The molecule has 0 aromatic carbocycles. The Morgan fingerprint density at radius 3 is 2.39 bits per heavy atom. The molecule has 0 bridgehead atoms. The Morgan fingerprint density at radius 1 is 1.00 bits per heavy atom. The third-order valence-electron chi connectivity index (χ3n) is 10.2. The number of carbonyl (C=O) groups is 1. The Hall–Kier alpha value is -0.610. The van der Waals surface area contributed by atoms with Crippen LogP contribution in [-0.4, -0.2) is 33.5 Å². The van der Waals surface area contributed by atoms with Crippen LogP contribution in [-0.2, 0) is 4.79 Å². The van der Waals surface area contributed by atoms with Gasteiger partial charge in [0.15, 0.2) is 0 Å². The van der Waals surface area contributed by atoms with Gasteiger partial charge in [-0.2, -0.15) is 0 Å². The van der Waals surface area contributed by atoms with Gasteiger partial charge in [0.1, 0.15) is 0 Å². The van der Waals surface area contributed by atoms with Gasteiger partial charge in [-0.15, -0.1) is 0 Å². The van der Waals surface area contributed by atoms with Gasteiger partial charge >= 0.3 is 5.97 Å². The van der Waals surface area contributed by atoms with Crippen LogP contribution < -0.4 is 0 Å². The van der Waals surface area contributed by atoms with Crippen molar-refractivity contribution in [1.29, 1.82) is 0 Å². The number of fused-ring (bicyclic) bond motifs is 5. The SMILES string of the molecule is C[C@H](CCC(=O)O)[C@@H]1CCC2[C@H]3[C@H](O)C[C@@H]4C[C@H](O)CC[C@@]4(C)[C@H]3CC[C@@]21C. The molecule has 160 valence electrons. The van der Waals surface area contributed by atoms with E-state index in [0.717, 1.165) is 32.1 Å². The van der Waals surface area contributed by atoms with Gasteiger partial charge in [-0.3, -0.25) is 4.79 Å². The van der Waals surface area contributed by atoms with E-state index in [1.807, 2.05) is 0 Å². The molecule has 4 heteroatoms. The summed E-state index contributed by atoms with van der Waals surface area (Å²) in [6.45, 7) is 7.16. The second kappa shape index (κ2) is 7.27. The zero-order chi connectivity index (χ0) is 20.3. The Morgan fingerprint density at radius 2 is 1.68 bits per heavy atom. The highest BCUT2D eigenvalue weighted by Gasteiger charge is 2.62. The van der Waals surface area contributed by atoms with Crippen molar-refractivity contribution in [3.05, 3.63) is 0 Å². The number of hydrogen-bond donors (Lipinski definition) is 3. The molecule has 1 unspecified atom stereocenters. The Balaban J connectivity index is 1.55. The van der Waals surface area contributed by atoms with Crippen molar-refractivity contribution in [2.75, 3.05) is 0 Å². The fourth-order valence-corrected chi connectivity index (χ4v) is 8.73. The van der Waals surface area contributed by atoms with Crippen molar-refractivity contribution in [1.82, 2.24) is 0 Å². The molecule has 4 aliphatic rings. The molecule has 4 nitrogen and oxygen atoms in total. The van der Waals surface area contributed by atoms with E-state index in [2.05, 4.69) is 20.8 Å². The van der Waals surface area contributed by atoms with Crippen molar-refractivity contribution in [3.8, 4) is 0 Å². The summed E-state index contributed by atoms with van der Waals surface area (Å²) < 4.78 is 0. The first-order valence-corrected chi connectivity index (χ1v) is 11.7. The molecular formula is C24H40O4. The first-order valence-electron chi connectivity index (χ1n) is 11.7. The van der Waals surface area contributed by atoms with Crippen molar-refractivity contribution >= 4 is 5.97 Å². The molecule has 0 aliphatic heterocycles. The summed E-state index contributed by atoms with van der Waals surface area (Å²) in [5.41, 5.74) is 0.523. The molecule has 10 atom stereocenters. The third-order valence-corrected chi connectivity index (χ3v) is 10.2. The summed E-state index contributed by atoms with van der Waals surface area (Å²) in [5, 5.41) is 30.5. The van der Waals surface area contributed by atoms with Gasteiger partial charge in [-0.25, -0.2) is 0 Å². The minimum atomic E-state index is -0.684. The molecule has 4 fully saturated rings. The van der Waals surface area contributed by atoms with Gasteiger partial charge in [0.05, 0.1) is 12.2 Å². The smallest absolute Gasteiger partial charge is 0.303 e. The van der Waals surface area contributed by atoms with Crippen LogP contribution in [0.25, 0.3) is 0 Å². The summed E-state index contributed by atoms with van der Waals surface area (Å²) in [7, 11) is 0. The second-order valence-electron chi connectivity index (χ2n) is 11.4. The van der Waals surface area contributed by atoms with Gasteiger partial charge in [0, 0.05) is 6.42 Å². The minimum absolute atomic E-state index is 0.179. The number of aliphatic carboxylic acids is 1. The van der Waals surface area contributed by atoms with E-state index in [9.17, 15) is 15.0 Å². The first kappa shape index (κ1) is 20.7. The lowest BCUT2D eigenvalue weighted by Crippen LogP contribution is -2.58. The van der Waals surface area contributed by atoms with Crippen molar-refractivity contribution in [2.45, 2.75) is 97.2 Å². The zero-order valence-corrected chi connectivity index (χ0v) is 17.9. The molecule has 0 aromatic heterocycles. The molecule has 0 radical (unpaired) electrons. The summed E-state index contributed by atoms with van der Waals surface area (Å²) >= 11 is 0. The van der Waals surface area contributed by atoms with Crippen molar-refractivity contribution in [2.24, 2.45) is 46.3 Å². The molecule has 3 N–H and O–H groups in total. The molecule has 28 heavy (non-hydrogen) atoms. The van der Waals surface area contributed by atoms with Gasteiger partial charge in [0.2, 0.25) is 0 Å². The topological polar surface area (TPSA) is 77.8 Å². The van der Waals surface area contributed by atoms with Crippen LogP contribution in [0.3, 0.4) is 0 Å². The van der Waals surface area contributed by atoms with Gasteiger partial charge < -0.3 is 15.3 Å². The molecule has 0 amide bonds. The van der Waals surface area contributed by atoms with E-state index in [0.29, 0.717) is 35.5 Å². The maximum atomic E-state index is 11.2. The predicted molar refractivity (Wildman–Crippen MR) is 109 cm³/mol. The minimum Gasteiger partial charge on any atom is -0.481 e. The Kier molecular flexibility index (Phi) is 5.36. The van der Waals surface area contributed by atoms with E-state index < -0.39 is 5.97 Å². The Labute approximate surface area is 170 Å². The first-order chi connectivity index (χ1) is 13.2. The van der Waals surface area contributed by atoms with Crippen LogP contribution in [0.5, 0.6) is 0 Å². The van der Waals surface area contributed by atoms with Crippen LogP contribution >= 0.6 is 0 Å². The summed E-state index contributed by atoms with van der Waals surface area (Å²) in [4.78, 5) is 11.1. The molecular weight excluding hydrogens is 352 g/mol. The van der Waals surface area contributed by atoms with Crippen LogP contribution in [0.4, 0.5) is 0 Å². The van der Waals surface area contributed by atoms with Gasteiger partial charge in [-0.1, -0.05) is 20.8 Å². The van der Waals surface area contributed by atoms with Crippen LogP contribution in [0.15, 0.2) is 0 Å². The number of aliphatic hydroxyl groups excluding tert-OH is 2. The largest absolute Gasteiger partial charge is 0.481 e. The average molecular weight is 393 g/mol. The Bertz CT molecular complexity index is 605. The normalized spacial score (nSPS) is 51.7. The lowest BCUT2D eigenvalue weighted by atomic mass is 9.43. The van der Waals surface area contributed by atoms with E-state index in [1.165, 1.54) is 25.7 Å². The number of carboxylic acids is 1. The molecule has 0 aromatic rings. The third kappa shape index (κ3) is 3.14. The molecule has 0 heterocycles. The fraction of sp³-hybridized carbons (Fsp3) is 0.958. The van der Waals surface area contributed by atoms with Crippen molar-refractivity contribution < 1.29 is 20.1 Å². The highest BCUT2D eigenvalue weighted by atomic mass is 16.4. The average Bonchev–Trinajstić information content (AvgIpc) is 2.98. The lowest BCUT2D eigenvalue weighted by molar-refractivity contribution is -0.174. The van der Waals surface area contributed by atoms with Crippen LogP contribution in [0.1, 0.15) is 85.0 Å². The summed E-state index contributed by atoms with van der Waals surface area (Å²) in [5.74, 6) is 2.36. The standard InChI is InChI=1S/C24H40O4/c1-14(4-7-21(27)28)17-5-6-18-22-19(9-11-24(17,18)3)23(2)10-8-16(25)12-15(23)13-20(22)26/h14-20,22,25-26H,4-13H2,1-3H3,(H,27,28)/t14-,15+,16-,17+,18?,19+,20-,22-,23-,24-/m1/s1. The molecule has 4 rings (SSSR count). The van der Waals surface area contributed by atoms with E-state index in [1.54, 1.807) is 0 Å². The van der Waals surface area contributed by atoms with E-state index >= 15 is 0 Å². The number of aliphatic hydroxyl groups is 2. The quantitative estimate of drug-likeness (QED) is 0.659. The van der Waals surface area contributed by atoms with Crippen LogP contribution in [0, 0.1) is 46.3 Å². The second-order valence-corrected chi connectivity index (χ2v) is 11.4. The number of hydrogen-bond acceptors (Lipinski definition) is 3. The highest BCUT2D eigenvalue weighted by Crippen LogP contribution is 2.68. The number of rotatable bonds is 4. The lowest BCUT2D eigenvalue weighted by Gasteiger charge is -2.62. The van der Waals surface area contributed by atoms with Crippen molar-refractivity contribution in [3.63, 3.8) is 0 Å². The maximum Gasteiger partial charge on any atom is 0.303 e. The predicted octanol–water partition coefficient (Wildman–Crippen LogP) is 4.48. The summed E-state index contributed by atoms with van der Waals surface area (Å²) in [6, 6.07) is 0. The molecule has 0 saturated heterocycles. The monoisotopic (exact) mass is 392 g/mol. The number of carboxylic acid groups (broad SMARTS) is 1.